The van der Waals surface area contributed by atoms with E-state index in [0.29, 0.717) is 11.5 Å². The standard InChI is InChI=1S/C15H13N3O2S/c1-2-20-12-5-6-17-11-4-3-9(7-10(11)12)8-13-14(19)18-15(16)21-13/h3-8H,2H2,1H3,(H2,16,18,19). The molecule has 0 unspecified atom stereocenters. The van der Waals surface area contributed by atoms with Crippen LogP contribution in [0.1, 0.15) is 12.5 Å². The molecule has 1 aromatic carbocycles. The van der Waals surface area contributed by atoms with Crippen LogP contribution in [0.3, 0.4) is 0 Å². The van der Waals surface area contributed by atoms with Gasteiger partial charge in [0.15, 0.2) is 5.17 Å². The van der Waals surface area contributed by atoms with Gasteiger partial charge < -0.3 is 10.5 Å². The van der Waals surface area contributed by atoms with Crippen LogP contribution in [-0.4, -0.2) is 22.7 Å². The van der Waals surface area contributed by atoms with Crippen molar-refractivity contribution in [3.05, 3.63) is 40.9 Å². The predicted molar refractivity (Wildman–Crippen MR) is 85.1 cm³/mol. The molecule has 0 bridgehead atoms. The highest BCUT2D eigenvalue weighted by atomic mass is 32.2. The number of benzene rings is 1. The second-order valence-corrected chi connectivity index (χ2v) is 5.45. The van der Waals surface area contributed by atoms with Crippen molar-refractivity contribution in [2.24, 2.45) is 10.7 Å². The third kappa shape index (κ3) is 2.75. The van der Waals surface area contributed by atoms with Crippen molar-refractivity contribution in [3.8, 4) is 5.75 Å². The topological polar surface area (TPSA) is 77.6 Å². The molecule has 1 amide bonds. The lowest BCUT2D eigenvalue weighted by Crippen LogP contribution is -2.01. The van der Waals surface area contributed by atoms with Crippen LogP contribution in [0.4, 0.5) is 0 Å². The molecule has 6 heteroatoms. The van der Waals surface area contributed by atoms with Gasteiger partial charge in [0, 0.05) is 11.6 Å². The van der Waals surface area contributed by atoms with E-state index < -0.39 is 0 Å². The van der Waals surface area contributed by atoms with E-state index in [1.165, 1.54) is 11.8 Å². The summed E-state index contributed by atoms with van der Waals surface area (Å²) >= 11 is 1.18. The van der Waals surface area contributed by atoms with Gasteiger partial charge in [0.2, 0.25) is 0 Å². The number of ether oxygens (including phenoxy) is 1. The summed E-state index contributed by atoms with van der Waals surface area (Å²) in [5, 5.41) is 1.20. The number of hydrogen-bond donors (Lipinski definition) is 1. The van der Waals surface area contributed by atoms with Crippen molar-refractivity contribution in [2.75, 3.05) is 6.61 Å². The molecule has 5 nitrogen and oxygen atoms in total. The highest BCUT2D eigenvalue weighted by Crippen LogP contribution is 2.29. The first kappa shape index (κ1) is 13.6. The Labute approximate surface area is 125 Å². The molecule has 0 saturated heterocycles. The molecule has 3 rings (SSSR count). The number of amides is 1. The van der Waals surface area contributed by atoms with E-state index in [0.717, 1.165) is 22.2 Å². The Morgan fingerprint density at radius 2 is 2.24 bits per heavy atom. The fourth-order valence-electron chi connectivity index (χ4n) is 2.09. The molecule has 106 valence electrons. The largest absolute Gasteiger partial charge is 0.493 e. The number of hydrogen-bond acceptors (Lipinski definition) is 5. The van der Waals surface area contributed by atoms with E-state index in [9.17, 15) is 4.79 Å². The summed E-state index contributed by atoms with van der Waals surface area (Å²) in [6, 6.07) is 7.58. The molecule has 0 atom stereocenters. The monoisotopic (exact) mass is 299 g/mol. The van der Waals surface area contributed by atoms with Crippen LogP contribution in [-0.2, 0) is 4.79 Å². The first-order valence-electron chi connectivity index (χ1n) is 6.47. The fraction of sp³-hybridized carbons (Fsp3) is 0.133. The number of nitrogens with zero attached hydrogens (tertiary/aromatic N) is 2. The van der Waals surface area contributed by atoms with Gasteiger partial charge in [0.25, 0.3) is 5.91 Å². The average Bonchev–Trinajstić information content (AvgIpc) is 2.78. The summed E-state index contributed by atoms with van der Waals surface area (Å²) in [7, 11) is 0. The Hall–Kier alpha value is -2.34. The number of carbonyl (C=O) groups excluding carboxylic acids is 1. The first-order valence-corrected chi connectivity index (χ1v) is 7.28. The lowest BCUT2D eigenvalue weighted by atomic mass is 10.1. The Morgan fingerprint density at radius 1 is 1.38 bits per heavy atom. The number of pyridine rings is 1. The third-order valence-corrected chi connectivity index (χ3v) is 3.77. The second kappa shape index (κ2) is 5.57. The fourth-order valence-corrected chi connectivity index (χ4v) is 2.77. The molecule has 2 aromatic rings. The van der Waals surface area contributed by atoms with Gasteiger partial charge in [-0.3, -0.25) is 9.78 Å². The summed E-state index contributed by atoms with van der Waals surface area (Å²) in [6.07, 6.45) is 3.49. The van der Waals surface area contributed by atoms with Crippen LogP contribution in [0.25, 0.3) is 17.0 Å². The molecule has 2 N–H and O–H groups in total. The van der Waals surface area contributed by atoms with Gasteiger partial charge in [-0.1, -0.05) is 6.07 Å². The molecule has 2 heterocycles. The Balaban J connectivity index is 2.03. The van der Waals surface area contributed by atoms with E-state index in [2.05, 4.69) is 9.98 Å². The minimum Gasteiger partial charge on any atom is -0.493 e. The number of nitrogens with two attached hydrogens (primary N) is 1. The van der Waals surface area contributed by atoms with Crippen molar-refractivity contribution in [1.82, 2.24) is 4.98 Å². The van der Waals surface area contributed by atoms with Crippen LogP contribution in [0.5, 0.6) is 5.75 Å². The van der Waals surface area contributed by atoms with Gasteiger partial charge in [-0.2, -0.15) is 4.99 Å². The highest BCUT2D eigenvalue weighted by molar-refractivity contribution is 8.18. The maximum Gasteiger partial charge on any atom is 0.286 e. The average molecular weight is 299 g/mol. The van der Waals surface area contributed by atoms with E-state index in [1.54, 1.807) is 12.3 Å². The second-order valence-electron chi connectivity index (χ2n) is 4.38. The SMILES string of the molecule is CCOc1ccnc2ccc(C=C3SC(N)=NC3=O)cc12. The molecule has 0 saturated carbocycles. The van der Waals surface area contributed by atoms with Crippen LogP contribution in [0.2, 0.25) is 0 Å². The maximum absolute atomic E-state index is 11.6. The number of fused-ring (bicyclic) bond motifs is 1. The van der Waals surface area contributed by atoms with E-state index >= 15 is 0 Å². The lowest BCUT2D eigenvalue weighted by Gasteiger charge is -2.07. The zero-order valence-corrected chi connectivity index (χ0v) is 12.2. The summed E-state index contributed by atoms with van der Waals surface area (Å²) in [5.41, 5.74) is 7.28. The molecule has 0 aliphatic carbocycles. The van der Waals surface area contributed by atoms with Gasteiger partial charge in [-0.25, -0.2) is 0 Å². The highest BCUT2D eigenvalue weighted by Gasteiger charge is 2.19. The van der Waals surface area contributed by atoms with Crippen molar-refractivity contribution in [2.45, 2.75) is 6.92 Å². The molecule has 1 aliphatic rings. The van der Waals surface area contributed by atoms with Gasteiger partial charge in [0.05, 0.1) is 17.0 Å². The predicted octanol–water partition coefficient (Wildman–Crippen LogP) is 2.56. The smallest absolute Gasteiger partial charge is 0.286 e. The molecule has 0 radical (unpaired) electrons. The van der Waals surface area contributed by atoms with Crippen molar-refractivity contribution >= 4 is 39.8 Å². The van der Waals surface area contributed by atoms with Crippen LogP contribution in [0.15, 0.2) is 40.4 Å². The van der Waals surface area contributed by atoms with Crippen molar-refractivity contribution in [3.63, 3.8) is 0 Å². The number of thioether (sulfide) groups is 1. The Morgan fingerprint density at radius 3 is 2.95 bits per heavy atom. The molecule has 0 fully saturated rings. The minimum atomic E-state index is -0.297. The number of rotatable bonds is 3. The van der Waals surface area contributed by atoms with Gasteiger partial charge in [-0.15, -0.1) is 0 Å². The van der Waals surface area contributed by atoms with Gasteiger partial charge in [-0.05, 0) is 48.5 Å². The van der Waals surface area contributed by atoms with Gasteiger partial charge in [0.1, 0.15) is 5.75 Å². The Kier molecular flexibility index (Phi) is 3.62. The van der Waals surface area contributed by atoms with E-state index in [-0.39, 0.29) is 11.1 Å². The first-order chi connectivity index (χ1) is 10.2. The Bertz CT molecular complexity index is 784. The zero-order chi connectivity index (χ0) is 14.8. The number of amidine groups is 1. The van der Waals surface area contributed by atoms with E-state index in [1.807, 2.05) is 31.2 Å². The van der Waals surface area contributed by atoms with Crippen LogP contribution in [0, 0.1) is 0 Å². The van der Waals surface area contributed by atoms with E-state index in [4.69, 9.17) is 10.5 Å². The van der Waals surface area contributed by atoms with Crippen molar-refractivity contribution in [1.29, 1.82) is 0 Å². The third-order valence-electron chi connectivity index (χ3n) is 2.96. The summed E-state index contributed by atoms with van der Waals surface area (Å²) < 4.78 is 5.61. The molecule has 1 aliphatic heterocycles. The van der Waals surface area contributed by atoms with Crippen LogP contribution >= 0.6 is 11.8 Å². The quantitative estimate of drug-likeness (QED) is 0.881. The molecular formula is C15H13N3O2S. The molecule has 1 aromatic heterocycles. The molecule has 21 heavy (non-hydrogen) atoms. The van der Waals surface area contributed by atoms with Gasteiger partial charge >= 0.3 is 0 Å². The zero-order valence-electron chi connectivity index (χ0n) is 11.4. The number of carbonyl (C=O) groups is 1. The lowest BCUT2D eigenvalue weighted by molar-refractivity contribution is -0.113. The summed E-state index contributed by atoms with van der Waals surface area (Å²) in [6.45, 7) is 2.52. The number of aliphatic imine (C=N–C) groups is 1. The van der Waals surface area contributed by atoms with Crippen LogP contribution < -0.4 is 10.5 Å². The number of aromatic nitrogens is 1. The maximum atomic E-state index is 11.6. The van der Waals surface area contributed by atoms with Crippen molar-refractivity contribution < 1.29 is 9.53 Å². The summed E-state index contributed by atoms with van der Waals surface area (Å²) in [5.74, 6) is 0.484. The molecule has 0 spiro atoms. The minimum absolute atomic E-state index is 0.281. The normalized spacial score (nSPS) is 16.5. The summed E-state index contributed by atoms with van der Waals surface area (Å²) in [4.78, 5) is 20.1. The molecular weight excluding hydrogens is 286 g/mol.